The lowest BCUT2D eigenvalue weighted by atomic mass is 10.00. The predicted octanol–water partition coefficient (Wildman–Crippen LogP) is 3.95. The Kier molecular flexibility index (Phi) is 4.58. The van der Waals surface area contributed by atoms with Crippen LogP contribution in [0.5, 0.6) is 0 Å². The summed E-state index contributed by atoms with van der Waals surface area (Å²) in [4.78, 5) is 14.4. The highest BCUT2D eigenvalue weighted by molar-refractivity contribution is 6.33. The van der Waals surface area contributed by atoms with Gasteiger partial charge in [0.25, 0.3) is 0 Å². The molecule has 4 heteroatoms. The first-order valence-electron chi connectivity index (χ1n) is 7.90. The molecule has 0 saturated carbocycles. The molecule has 0 spiro atoms. The minimum Gasteiger partial charge on any atom is -0.375 e. The van der Waals surface area contributed by atoms with Crippen molar-refractivity contribution in [2.45, 2.75) is 26.8 Å². The van der Waals surface area contributed by atoms with Gasteiger partial charge in [0.2, 0.25) is 5.91 Å². The number of nitrogens with one attached hydrogen (secondary N) is 1. The van der Waals surface area contributed by atoms with E-state index in [4.69, 9.17) is 11.6 Å². The largest absolute Gasteiger partial charge is 0.375 e. The van der Waals surface area contributed by atoms with Crippen molar-refractivity contribution in [3.8, 4) is 0 Å². The van der Waals surface area contributed by atoms with E-state index in [1.54, 1.807) is 0 Å². The van der Waals surface area contributed by atoms with Crippen LogP contribution in [0.25, 0.3) is 0 Å². The van der Waals surface area contributed by atoms with Gasteiger partial charge < -0.3 is 10.2 Å². The highest BCUT2D eigenvalue weighted by Crippen LogP contribution is 2.27. The second-order valence-electron chi connectivity index (χ2n) is 6.13. The van der Waals surface area contributed by atoms with E-state index in [-0.39, 0.29) is 12.5 Å². The Labute approximate surface area is 142 Å². The van der Waals surface area contributed by atoms with Gasteiger partial charge >= 0.3 is 0 Å². The Morgan fingerprint density at radius 3 is 2.70 bits per heavy atom. The van der Waals surface area contributed by atoms with Gasteiger partial charge in [-0.25, -0.2) is 0 Å². The average Bonchev–Trinajstić information content (AvgIpc) is 2.53. The molecule has 3 rings (SSSR count). The lowest BCUT2D eigenvalue weighted by Gasteiger charge is -2.29. The van der Waals surface area contributed by atoms with Crippen LogP contribution in [0.1, 0.15) is 22.3 Å². The summed E-state index contributed by atoms with van der Waals surface area (Å²) in [7, 11) is 0. The summed E-state index contributed by atoms with van der Waals surface area (Å²) in [5.41, 5.74) is 5.63. The predicted molar refractivity (Wildman–Crippen MR) is 95.0 cm³/mol. The molecule has 1 heterocycles. The number of anilines is 1. The molecule has 0 unspecified atom stereocenters. The Morgan fingerprint density at radius 1 is 1.22 bits per heavy atom. The lowest BCUT2D eigenvalue weighted by molar-refractivity contribution is -0.130. The van der Waals surface area contributed by atoms with E-state index in [0.717, 1.165) is 29.8 Å². The molecular formula is C19H21ClN2O. The van der Waals surface area contributed by atoms with Gasteiger partial charge in [0.1, 0.15) is 0 Å². The molecule has 0 atom stereocenters. The Balaban J connectivity index is 1.65. The molecule has 1 aliphatic rings. The van der Waals surface area contributed by atoms with Crippen molar-refractivity contribution in [2.24, 2.45) is 0 Å². The SMILES string of the molecule is Cc1cc(C)c(NCC(=O)N2CCc3ccccc3C2)c(Cl)c1. The Hall–Kier alpha value is -2.00. The number of carbonyl (C=O) groups is 1. The van der Waals surface area contributed by atoms with Gasteiger partial charge in [0.15, 0.2) is 0 Å². The zero-order chi connectivity index (χ0) is 16.4. The zero-order valence-corrected chi connectivity index (χ0v) is 14.3. The van der Waals surface area contributed by atoms with E-state index in [0.29, 0.717) is 11.6 Å². The third-order valence-electron chi connectivity index (χ3n) is 4.33. The third-order valence-corrected chi connectivity index (χ3v) is 4.63. The molecule has 0 radical (unpaired) electrons. The quantitative estimate of drug-likeness (QED) is 0.925. The van der Waals surface area contributed by atoms with Crippen LogP contribution in [0.4, 0.5) is 5.69 Å². The van der Waals surface area contributed by atoms with Crippen molar-refractivity contribution in [1.29, 1.82) is 0 Å². The van der Waals surface area contributed by atoms with E-state index in [1.807, 2.05) is 30.9 Å². The number of nitrogens with zero attached hydrogens (tertiary/aromatic N) is 1. The van der Waals surface area contributed by atoms with Crippen molar-refractivity contribution in [1.82, 2.24) is 4.90 Å². The maximum Gasteiger partial charge on any atom is 0.242 e. The fourth-order valence-corrected chi connectivity index (χ4v) is 3.51. The summed E-state index contributed by atoms with van der Waals surface area (Å²) < 4.78 is 0. The molecular weight excluding hydrogens is 308 g/mol. The molecule has 0 aromatic heterocycles. The first kappa shape index (κ1) is 15.9. The van der Waals surface area contributed by atoms with Crippen LogP contribution in [-0.2, 0) is 17.8 Å². The van der Waals surface area contributed by atoms with Crippen molar-refractivity contribution >= 4 is 23.2 Å². The molecule has 1 aliphatic heterocycles. The highest BCUT2D eigenvalue weighted by atomic mass is 35.5. The smallest absolute Gasteiger partial charge is 0.242 e. The van der Waals surface area contributed by atoms with Crippen molar-refractivity contribution in [3.05, 3.63) is 63.7 Å². The van der Waals surface area contributed by atoms with Crippen molar-refractivity contribution < 1.29 is 4.79 Å². The van der Waals surface area contributed by atoms with Crippen LogP contribution in [0.15, 0.2) is 36.4 Å². The molecule has 2 aromatic carbocycles. The van der Waals surface area contributed by atoms with E-state index in [1.165, 1.54) is 11.1 Å². The molecule has 1 amide bonds. The molecule has 3 nitrogen and oxygen atoms in total. The first-order valence-corrected chi connectivity index (χ1v) is 8.27. The number of amides is 1. The van der Waals surface area contributed by atoms with Crippen LogP contribution in [-0.4, -0.2) is 23.9 Å². The van der Waals surface area contributed by atoms with Gasteiger partial charge in [-0.3, -0.25) is 4.79 Å². The third kappa shape index (κ3) is 3.50. The number of halogens is 1. The van der Waals surface area contributed by atoms with Gasteiger partial charge in [-0.15, -0.1) is 0 Å². The van der Waals surface area contributed by atoms with Crippen LogP contribution in [0.3, 0.4) is 0 Å². The first-order chi connectivity index (χ1) is 11.0. The van der Waals surface area contributed by atoms with Gasteiger partial charge in [-0.2, -0.15) is 0 Å². The number of rotatable bonds is 3. The second-order valence-corrected chi connectivity index (χ2v) is 6.53. The molecule has 23 heavy (non-hydrogen) atoms. The highest BCUT2D eigenvalue weighted by Gasteiger charge is 2.20. The summed E-state index contributed by atoms with van der Waals surface area (Å²) in [6.07, 6.45) is 0.923. The molecule has 0 aliphatic carbocycles. The maximum absolute atomic E-state index is 12.5. The van der Waals surface area contributed by atoms with Crippen LogP contribution >= 0.6 is 11.6 Å². The molecule has 0 fully saturated rings. The van der Waals surface area contributed by atoms with Gasteiger partial charge in [-0.05, 0) is 48.6 Å². The van der Waals surface area contributed by atoms with E-state index in [2.05, 4.69) is 29.6 Å². The number of hydrogen-bond donors (Lipinski definition) is 1. The summed E-state index contributed by atoms with van der Waals surface area (Å²) in [5, 5.41) is 3.87. The molecule has 2 aromatic rings. The summed E-state index contributed by atoms with van der Waals surface area (Å²) >= 11 is 6.28. The van der Waals surface area contributed by atoms with Gasteiger partial charge in [0, 0.05) is 13.1 Å². The average molecular weight is 329 g/mol. The molecule has 1 N–H and O–H groups in total. The van der Waals surface area contributed by atoms with Crippen LogP contribution in [0.2, 0.25) is 5.02 Å². The van der Waals surface area contributed by atoms with Crippen LogP contribution < -0.4 is 5.32 Å². The standard InChI is InChI=1S/C19H21ClN2O/c1-13-9-14(2)19(17(20)10-13)21-11-18(23)22-8-7-15-5-3-4-6-16(15)12-22/h3-6,9-10,21H,7-8,11-12H2,1-2H3. The number of aryl methyl sites for hydroxylation is 2. The lowest BCUT2D eigenvalue weighted by Crippen LogP contribution is -2.39. The number of hydrogen-bond acceptors (Lipinski definition) is 2. The van der Waals surface area contributed by atoms with E-state index >= 15 is 0 Å². The number of fused-ring (bicyclic) bond motifs is 1. The van der Waals surface area contributed by atoms with Crippen LogP contribution in [0, 0.1) is 13.8 Å². The normalized spacial score (nSPS) is 13.6. The fraction of sp³-hybridized carbons (Fsp3) is 0.316. The van der Waals surface area contributed by atoms with Gasteiger partial charge in [-0.1, -0.05) is 41.9 Å². The minimum atomic E-state index is 0.107. The minimum absolute atomic E-state index is 0.107. The van der Waals surface area contributed by atoms with Gasteiger partial charge in [0.05, 0.1) is 17.3 Å². The Bertz CT molecular complexity index is 719. The van der Waals surface area contributed by atoms with Crippen molar-refractivity contribution in [3.63, 3.8) is 0 Å². The second kappa shape index (κ2) is 6.63. The van der Waals surface area contributed by atoms with E-state index < -0.39 is 0 Å². The molecule has 120 valence electrons. The topological polar surface area (TPSA) is 32.3 Å². The fourth-order valence-electron chi connectivity index (χ4n) is 3.12. The number of carbonyl (C=O) groups excluding carboxylic acids is 1. The maximum atomic E-state index is 12.5. The number of benzene rings is 2. The summed E-state index contributed by atoms with van der Waals surface area (Å²) in [5.74, 6) is 0.107. The zero-order valence-electron chi connectivity index (χ0n) is 13.5. The Morgan fingerprint density at radius 2 is 1.96 bits per heavy atom. The summed E-state index contributed by atoms with van der Waals surface area (Å²) in [6.45, 7) is 5.75. The monoisotopic (exact) mass is 328 g/mol. The van der Waals surface area contributed by atoms with Crippen molar-refractivity contribution in [2.75, 3.05) is 18.4 Å². The summed E-state index contributed by atoms with van der Waals surface area (Å²) in [6, 6.07) is 12.3. The molecule has 0 saturated heterocycles. The molecule has 0 bridgehead atoms. The van der Waals surface area contributed by atoms with E-state index in [9.17, 15) is 4.79 Å².